The standard InChI is InChI=1S/C20H29N5OS/c1-15(2)20-21-16(3)12-18(22-20)25-9-7-24(8-10-25)14-19(26)23(4)13-17-6-5-11-27-17/h5-6,11-12,15H,7-10,13-14H2,1-4H3. The van der Waals surface area contributed by atoms with E-state index in [0.29, 0.717) is 19.0 Å². The summed E-state index contributed by atoms with van der Waals surface area (Å²) in [5.41, 5.74) is 1.01. The molecule has 3 heterocycles. The zero-order chi connectivity index (χ0) is 19.4. The third kappa shape index (κ3) is 5.26. The summed E-state index contributed by atoms with van der Waals surface area (Å²) in [4.78, 5) is 29.4. The molecule has 3 rings (SSSR count). The molecule has 7 heteroatoms. The Hall–Kier alpha value is -1.99. The number of thiophene rings is 1. The predicted molar refractivity (Wildman–Crippen MR) is 110 cm³/mol. The fraction of sp³-hybridized carbons (Fsp3) is 0.550. The Morgan fingerprint density at radius 1 is 1.26 bits per heavy atom. The van der Waals surface area contributed by atoms with Crippen molar-refractivity contribution >= 4 is 23.1 Å². The molecule has 0 saturated carbocycles. The normalized spacial score (nSPS) is 15.4. The summed E-state index contributed by atoms with van der Waals surface area (Å²) in [6.07, 6.45) is 0. The number of carbonyl (C=O) groups is 1. The van der Waals surface area contributed by atoms with Crippen molar-refractivity contribution in [3.63, 3.8) is 0 Å². The van der Waals surface area contributed by atoms with Gasteiger partial charge in [-0.1, -0.05) is 19.9 Å². The van der Waals surface area contributed by atoms with E-state index in [1.807, 2.05) is 30.3 Å². The van der Waals surface area contributed by atoms with Crippen LogP contribution in [0.1, 0.15) is 36.2 Å². The lowest BCUT2D eigenvalue weighted by Crippen LogP contribution is -2.49. The van der Waals surface area contributed by atoms with Crippen LogP contribution in [-0.2, 0) is 11.3 Å². The van der Waals surface area contributed by atoms with Gasteiger partial charge in [0.15, 0.2) is 0 Å². The first-order chi connectivity index (χ1) is 12.9. The molecule has 27 heavy (non-hydrogen) atoms. The summed E-state index contributed by atoms with van der Waals surface area (Å²) in [5.74, 6) is 2.41. The van der Waals surface area contributed by atoms with Crippen LogP contribution in [0, 0.1) is 6.92 Å². The van der Waals surface area contributed by atoms with E-state index >= 15 is 0 Å². The Morgan fingerprint density at radius 3 is 2.63 bits per heavy atom. The maximum absolute atomic E-state index is 12.5. The van der Waals surface area contributed by atoms with Crippen molar-refractivity contribution < 1.29 is 4.79 Å². The van der Waals surface area contributed by atoms with Gasteiger partial charge in [0.05, 0.1) is 13.1 Å². The fourth-order valence-electron chi connectivity index (χ4n) is 3.17. The Bertz CT molecular complexity index is 754. The number of rotatable bonds is 6. The summed E-state index contributed by atoms with van der Waals surface area (Å²) in [7, 11) is 1.88. The molecule has 1 saturated heterocycles. The van der Waals surface area contributed by atoms with Crippen molar-refractivity contribution in [3.05, 3.63) is 40.0 Å². The summed E-state index contributed by atoms with van der Waals surface area (Å²) in [6.45, 7) is 11.0. The van der Waals surface area contributed by atoms with Gasteiger partial charge in [-0.25, -0.2) is 9.97 Å². The number of aryl methyl sites for hydroxylation is 1. The van der Waals surface area contributed by atoms with Gasteiger partial charge in [-0.3, -0.25) is 9.69 Å². The molecule has 2 aromatic heterocycles. The highest BCUT2D eigenvalue weighted by Crippen LogP contribution is 2.19. The average Bonchev–Trinajstić information content (AvgIpc) is 3.14. The number of amides is 1. The number of hydrogen-bond donors (Lipinski definition) is 0. The molecule has 0 atom stereocenters. The van der Waals surface area contributed by atoms with Crippen LogP contribution in [0.3, 0.4) is 0 Å². The van der Waals surface area contributed by atoms with Gasteiger partial charge in [0.25, 0.3) is 0 Å². The van der Waals surface area contributed by atoms with E-state index in [-0.39, 0.29) is 5.91 Å². The predicted octanol–water partition coefficient (Wildman–Crippen LogP) is 2.75. The van der Waals surface area contributed by atoms with E-state index in [0.717, 1.165) is 43.5 Å². The van der Waals surface area contributed by atoms with Crippen LogP contribution in [0.4, 0.5) is 5.82 Å². The summed E-state index contributed by atoms with van der Waals surface area (Å²) < 4.78 is 0. The fourth-order valence-corrected chi connectivity index (χ4v) is 3.92. The highest BCUT2D eigenvalue weighted by Gasteiger charge is 2.22. The molecule has 1 aliphatic heterocycles. The second kappa shape index (κ2) is 8.80. The van der Waals surface area contributed by atoms with Gasteiger partial charge in [0, 0.05) is 55.8 Å². The molecule has 2 aromatic rings. The Labute approximate surface area is 165 Å². The molecule has 6 nitrogen and oxygen atoms in total. The summed E-state index contributed by atoms with van der Waals surface area (Å²) in [5, 5.41) is 2.05. The zero-order valence-corrected chi connectivity index (χ0v) is 17.5. The lowest BCUT2D eigenvalue weighted by molar-refractivity contribution is -0.131. The van der Waals surface area contributed by atoms with Crippen molar-refractivity contribution in [2.24, 2.45) is 0 Å². The number of carbonyl (C=O) groups excluding carboxylic acids is 1. The van der Waals surface area contributed by atoms with Crippen LogP contribution in [0.15, 0.2) is 23.6 Å². The molecule has 146 valence electrons. The minimum atomic E-state index is 0.178. The lowest BCUT2D eigenvalue weighted by Gasteiger charge is -2.35. The van der Waals surface area contributed by atoms with Gasteiger partial charge in [-0.05, 0) is 18.4 Å². The number of hydrogen-bond acceptors (Lipinski definition) is 6. The first-order valence-electron chi connectivity index (χ1n) is 9.51. The SMILES string of the molecule is Cc1cc(N2CCN(CC(=O)N(C)Cc3cccs3)CC2)nc(C(C)C)n1. The largest absolute Gasteiger partial charge is 0.354 e. The van der Waals surface area contributed by atoms with E-state index < -0.39 is 0 Å². The molecule has 0 unspecified atom stereocenters. The third-order valence-corrected chi connectivity index (χ3v) is 5.69. The number of nitrogens with zero attached hydrogens (tertiary/aromatic N) is 5. The monoisotopic (exact) mass is 387 g/mol. The highest BCUT2D eigenvalue weighted by molar-refractivity contribution is 7.09. The van der Waals surface area contributed by atoms with Crippen LogP contribution < -0.4 is 4.90 Å². The van der Waals surface area contributed by atoms with E-state index in [4.69, 9.17) is 4.98 Å². The first-order valence-corrected chi connectivity index (χ1v) is 10.4. The van der Waals surface area contributed by atoms with Crippen molar-refractivity contribution in [1.82, 2.24) is 19.8 Å². The van der Waals surface area contributed by atoms with Gasteiger partial charge >= 0.3 is 0 Å². The van der Waals surface area contributed by atoms with E-state index in [9.17, 15) is 4.79 Å². The van der Waals surface area contributed by atoms with Crippen LogP contribution in [-0.4, -0.2) is 65.4 Å². The topological polar surface area (TPSA) is 52.6 Å². The van der Waals surface area contributed by atoms with Gasteiger partial charge in [0.2, 0.25) is 5.91 Å². The van der Waals surface area contributed by atoms with E-state index in [1.54, 1.807) is 11.3 Å². The summed E-state index contributed by atoms with van der Waals surface area (Å²) >= 11 is 1.69. The first kappa shape index (κ1) is 19.8. The van der Waals surface area contributed by atoms with Crippen molar-refractivity contribution in [2.45, 2.75) is 33.2 Å². The Kier molecular flexibility index (Phi) is 6.44. The number of likely N-dealkylation sites (N-methyl/N-ethyl adjacent to an activating group) is 1. The molecule has 1 fully saturated rings. The second-order valence-electron chi connectivity index (χ2n) is 7.47. The maximum atomic E-state index is 12.5. The molecular weight excluding hydrogens is 358 g/mol. The van der Waals surface area contributed by atoms with Crippen molar-refractivity contribution in [3.8, 4) is 0 Å². The number of aromatic nitrogens is 2. The van der Waals surface area contributed by atoms with Crippen LogP contribution in [0.2, 0.25) is 0 Å². The van der Waals surface area contributed by atoms with Crippen molar-refractivity contribution in [2.75, 3.05) is 44.7 Å². The third-order valence-electron chi connectivity index (χ3n) is 4.83. The zero-order valence-electron chi connectivity index (χ0n) is 16.7. The number of anilines is 1. The van der Waals surface area contributed by atoms with Crippen LogP contribution in [0.5, 0.6) is 0 Å². The van der Waals surface area contributed by atoms with E-state index in [2.05, 4.69) is 40.8 Å². The average molecular weight is 388 g/mol. The van der Waals surface area contributed by atoms with Crippen LogP contribution in [0.25, 0.3) is 0 Å². The minimum absolute atomic E-state index is 0.178. The molecule has 0 bridgehead atoms. The Balaban J connectivity index is 1.52. The van der Waals surface area contributed by atoms with Gasteiger partial charge < -0.3 is 9.80 Å². The second-order valence-corrected chi connectivity index (χ2v) is 8.51. The quantitative estimate of drug-likeness (QED) is 0.763. The van der Waals surface area contributed by atoms with Gasteiger partial charge in [-0.15, -0.1) is 11.3 Å². The Morgan fingerprint density at radius 2 is 2.00 bits per heavy atom. The van der Waals surface area contributed by atoms with Gasteiger partial charge in [-0.2, -0.15) is 0 Å². The molecule has 0 spiro atoms. The molecular formula is C20H29N5OS. The van der Waals surface area contributed by atoms with Crippen molar-refractivity contribution in [1.29, 1.82) is 0 Å². The molecule has 0 aliphatic carbocycles. The lowest BCUT2D eigenvalue weighted by atomic mass is 10.2. The van der Waals surface area contributed by atoms with Gasteiger partial charge in [0.1, 0.15) is 11.6 Å². The maximum Gasteiger partial charge on any atom is 0.236 e. The smallest absolute Gasteiger partial charge is 0.236 e. The number of piperazine rings is 1. The molecule has 0 N–H and O–H groups in total. The molecule has 1 aliphatic rings. The molecule has 1 amide bonds. The van der Waals surface area contributed by atoms with E-state index in [1.165, 1.54) is 4.88 Å². The molecule has 0 radical (unpaired) electrons. The highest BCUT2D eigenvalue weighted by atomic mass is 32.1. The van der Waals surface area contributed by atoms with Crippen LogP contribution >= 0.6 is 11.3 Å². The molecule has 0 aromatic carbocycles. The summed E-state index contributed by atoms with van der Waals surface area (Å²) in [6, 6.07) is 6.15. The minimum Gasteiger partial charge on any atom is -0.354 e.